The first kappa shape index (κ1) is 17.8. The molecule has 7 nitrogen and oxygen atoms in total. The van der Waals surface area contributed by atoms with Gasteiger partial charge in [-0.15, -0.1) is 0 Å². The Morgan fingerprint density at radius 1 is 1.32 bits per heavy atom. The Kier molecular flexibility index (Phi) is 5.62. The minimum Gasteiger partial charge on any atom is -0.387 e. The Morgan fingerprint density at radius 3 is 2.80 bits per heavy atom. The van der Waals surface area contributed by atoms with Gasteiger partial charge in [-0.3, -0.25) is 0 Å². The van der Waals surface area contributed by atoms with Gasteiger partial charge in [0.15, 0.2) is 0 Å². The fourth-order valence-corrected chi connectivity index (χ4v) is 2.93. The Morgan fingerprint density at radius 2 is 2.08 bits per heavy atom. The maximum Gasteiger partial charge on any atom is 0.230 e. The van der Waals surface area contributed by atoms with E-state index < -0.39 is 11.9 Å². The van der Waals surface area contributed by atoms with Crippen LogP contribution >= 0.6 is 11.6 Å². The minimum atomic E-state index is -0.943. The summed E-state index contributed by atoms with van der Waals surface area (Å²) in [5.41, 5.74) is 6.29. The summed E-state index contributed by atoms with van der Waals surface area (Å²) in [5, 5.41) is 13.4. The monoisotopic (exact) mass is 366 g/mol. The highest BCUT2D eigenvalue weighted by Gasteiger charge is 2.19. The molecule has 4 N–H and O–H groups in total. The van der Waals surface area contributed by atoms with Crippen molar-refractivity contribution in [2.45, 2.75) is 25.0 Å². The molecule has 2 heterocycles. The highest BCUT2D eigenvalue weighted by atomic mass is 35.5. The molecule has 0 spiro atoms. The number of rotatable bonds is 5. The van der Waals surface area contributed by atoms with E-state index in [4.69, 9.17) is 17.3 Å². The molecule has 25 heavy (non-hydrogen) atoms. The Hall–Kier alpha value is -2.03. The Balaban J connectivity index is 1.62. The van der Waals surface area contributed by atoms with Crippen LogP contribution in [0.15, 0.2) is 24.5 Å². The van der Waals surface area contributed by atoms with Gasteiger partial charge in [0.05, 0.1) is 6.10 Å². The first-order valence-electron chi connectivity index (χ1n) is 8.09. The molecule has 1 fully saturated rings. The van der Waals surface area contributed by atoms with Crippen LogP contribution in [0.25, 0.3) is 0 Å². The lowest BCUT2D eigenvalue weighted by atomic mass is 10.1. The summed E-state index contributed by atoms with van der Waals surface area (Å²) in [6, 6.07) is 4.18. The third-order valence-corrected chi connectivity index (χ3v) is 4.32. The summed E-state index contributed by atoms with van der Waals surface area (Å²) < 4.78 is 13.4. The summed E-state index contributed by atoms with van der Waals surface area (Å²) >= 11 is 5.81. The van der Waals surface area contributed by atoms with Crippen molar-refractivity contribution >= 4 is 23.5 Å². The predicted molar refractivity (Wildman–Crippen MR) is 94.1 cm³/mol. The van der Waals surface area contributed by atoms with E-state index in [1.165, 1.54) is 24.5 Å². The van der Waals surface area contributed by atoms with E-state index in [9.17, 15) is 9.50 Å². The van der Waals surface area contributed by atoms with Crippen molar-refractivity contribution in [3.63, 3.8) is 0 Å². The van der Waals surface area contributed by atoms with Crippen LogP contribution in [0, 0.1) is 5.82 Å². The lowest BCUT2D eigenvalue weighted by Crippen LogP contribution is -2.40. The normalized spacial score (nSPS) is 16.7. The van der Waals surface area contributed by atoms with Crippen LogP contribution in [0.4, 0.5) is 16.3 Å². The second kappa shape index (κ2) is 7.90. The average Bonchev–Trinajstić information content (AvgIpc) is 2.60. The first-order valence-corrected chi connectivity index (χ1v) is 8.46. The van der Waals surface area contributed by atoms with Gasteiger partial charge in [0.1, 0.15) is 12.1 Å². The van der Waals surface area contributed by atoms with Crippen LogP contribution in [-0.4, -0.2) is 45.7 Å². The third-order valence-electron chi connectivity index (χ3n) is 4.10. The molecule has 1 atom stereocenters. The van der Waals surface area contributed by atoms with Crippen LogP contribution in [0.3, 0.4) is 0 Å². The molecule has 1 aromatic carbocycles. The second-order valence-electron chi connectivity index (χ2n) is 6.03. The summed E-state index contributed by atoms with van der Waals surface area (Å²) in [6.07, 6.45) is 2.27. The molecule has 0 bridgehead atoms. The molecule has 9 heteroatoms. The highest BCUT2D eigenvalue weighted by molar-refractivity contribution is 6.30. The Bertz CT molecular complexity index is 705. The average molecular weight is 367 g/mol. The maximum absolute atomic E-state index is 13.4. The standard InChI is InChI=1S/C16H20ClFN6O/c17-11-5-10(6-12(18)7-11)14(25)8-20-15-21-9-22-16(23-15)24-3-1-13(19)2-4-24/h5-7,9,13-14,25H,1-4,8,19H2,(H,20,21,22,23). The Labute approximate surface area is 150 Å². The number of aromatic nitrogens is 3. The molecule has 1 aromatic heterocycles. The molecule has 134 valence electrons. The SMILES string of the molecule is NC1CCN(c2ncnc(NCC(O)c3cc(F)cc(Cl)c3)n2)CC1. The number of aliphatic hydroxyl groups is 1. The van der Waals surface area contributed by atoms with Crippen LogP contribution in [0.2, 0.25) is 5.02 Å². The fourth-order valence-electron chi connectivity index (χ4n) is 2.70. The van der Waals surface area contributed by atoms with Gasteiger partial charge in [-0.25, -0.2) is 14.4 Å². The summed E-state index contributed by atoms with van der Waals surface area (Å²) in [4.78, 5) is 14.7. The second-order valence-corrected chi connectivity index (χ2v) is 6.47. The van der Waals surface area contributed by atoms with Crippen molar-refractivity contribution in [1.29, 1.82) is 0 Å². The molecule has 0 saturated carbocycles. The predicted octanol–water partition coefficient (Wildman–Crippen LogP) is 1.74. The minimum absolute atomic E-state index is 0.119. The topological polar surface area (TPSA) is 100 Å². The van der Waals surface area contributed by atoms with Gasteiger partial charge in [-0.1, -0.05) is 11.6 Å². The van der Waals surface area contributed by atoms with Gasteiger partial charge in [0, 0.05) is 30.7 Å². The smallest absolute Gasteiger partial charge is 0.230 e. The first-order chi connectivity index (χ1) is 12.0. The van der Waals surface area contributed by atoms with Crippen LogP contribution in [-0.2, 0) is 0 Å². The molecule has 0 radical (unpaired) electrons. The van der Waals surface area contributed by atoms with Crippen molar-refractivity contribution in [1.82, 2.24) is 15.0 Å². The van der Waals surface area contributed by atoms with Crippen molar-refractivity contribution in [3.05, 3.63) is 40.9 Å². The molecular weight excluding hydrogens is 347 g/mol. The van der Waals surface area contributed by atoms with Crippen LogP contribution < -0.4 is 16.0 Å². The number of nitrogens with two attached hydrogens (primary N) is 1. The number of nitrogens with one attached hydrogen (secondary N) is 1. The van der Waals surface area contributed by atoms with Crippen molar-refractivity contribution in [2.24, 2.45) is 5.73 Å². The molecule has 2 aromatic rings. The van der Waals surface area contributed by atoms with Gasteiger partial charge in [-0.05, 0) is 36.6 Å². The van der Waals surface area contributed by atoms with E-state index in [1.807, 2.05) is 0 Å². The molecular formula is C16H20ClFN6O. The highest BCUT2D eigenvalue weighted by Crippen LogP contribution is 2.21. The zero-order chi connectivity index (χ0) is 17.8. The molecule has 0 aliphatic carbocycles. The van der Waals surface area contributed by atoms with Gasteiger partial charge in [0.25, 0.3) is 0 Å². The van der Waals surface area contributed by atoms with E-state index in [0.29, 0.717) is 17.5 Å². The van der Waals surface area contributed by atoms with E-state index in [0.717, 1.165) is 25.9 Å². The summed E-state index contributed by atoms with van der Waals surface area (Å²) in [7, 11) is 0. The van der Waals surface area contributed by atoms with Gasteiger partial charge < -0.3 is 21.1 Å². The number of anilines is 2. The van der Waals surface area contributed by atoms with Gasteiger partial charge >= 0.3 is 0 Å². The quantitative estimate of drug-likeness (QED) is 0.741. The number of aliphatic hydroxyl groups excluding tert-OH is 1. The number of piperidine rings is 1. The van der Waals surface area contributed by atoms with Gasteiger partial charge in [0.2, 0.25) is 11.9 Å². The van der Waals surface area contributed by atoms with E-state index in [1.54, 1.807) is 0 Å². The molecule has 1 saturated heterocycles. The van der Waals surface area contributed by atoms with E-state index in [2.05, 4.69) is 25.2 Å². The van der Waals surface area contributed by atoms with E-state index >= 15 is 0 Å². The maximum atomic E-state index is 13.4. The third kappa shape index (κ3) is 4.75. The number of benzene rings is 1. The lowest BCUT2D eigenvalue weighted by molar-refractivity contribution is 0.191. The molecule has 3 rings (SSSR count). The number of hydrogen-bond acceptors (Lipinski definition) is 7. The van der Waals surface area contributed by atoms with Crippen molar-refractivity contribution < 1.29 is 9.50 Å². The summed E-state index contributed by atoms with van der Waals surface area (Å²) in [6.45, 7) is 1.72. The van der Waals surface area contributed by atoms with Crippen LogP contribution in [0.5, 0.6) is 0 Å². The molecule has 1 unspecified atom stereocenters. The molecule has 0 amide bonds. The summed E-state index contributed by atoms with van der Waals surface area (Å²) in [5.74, 6) is 0.432. The number of hydrogen-bond donors (Lipinski definition) is 3. The zero-order valence-corrected chi connectivity index (χ0v) is 14.3. The van der Waals surface area contributed by atoms with E-state index in [-0.39, 0.29) is 17.6 Å². The number of halogens is 2. The zero-order valence-electron chi connectivity index (χ0n) is 13.6. The number of nitrogens with zero attached hydrogens (tertiary/aromatic N) is 4. The van der Waals surface area contributed by atoms with Crippen molar-refractivity contribution in [2.75, 3.05) is 29.9 Å². The molecule has 1 aliphatic heterocycles. The molecule has 1 aliphatic rings. The fraction of sp³-hybridized carbons (Fsp3) is 0.438. The largest absolute Gasteiger partial charge is 0.387 e. The lowest BCUT2D eigenvalue weighted by Gasteiger charge is -2.30. The van der Waals surface area contributed by atoms with Gasteiger partial charge in [-0.2, -0.15) is 4.98 Å². The van der Waals surface area contributed by atoms with Crippen LogP contribution in [0.1, 0.15) is 24.5 Å². The van der Waals surface area contributed by atoms with Crippen molar-refractivity contribution in [3.8, 4) is 0 Å².